The van der Waals surface area contributed by atoms with Crippen molar-refractivity contribution in [3.8, 4) is 11.1 Å². The molecule has 1 spiro atoms. The smallest absolute Gasteiger partial charge is 0.0215 e. The predicted octanol–water partition coefficient (Wildman–Crippen LogP) is 4.14. The lowest BCUT2D eigenvalue weighted by molar-refractivity contribution is 0.309. The lowest BCUT2D eigenvalue weighted by Gasteiger charge is -2.40. The highest BCUT2D eigenvalue weighted by Crippen LogP contribution is 2.58. The van der Waals surface area contributed by atoms with Crippen LogP contribution in [-0.4, -0.2) is 0 Å². The van der Waals surface area contributed by atoms with E-state index in [9.17, 15) is 0 Å². The topological polar surface area (TPSA) is 0 Å². The molecule has 0 bridgehead atoms. The van der Waals surface area contributed by atoms with Gasteiger partial charge in [0.1, 0.15) is 0 Å². The van der Waals surface area contributed by atoms with Gasteiger partial charge in [0.25, 0.3) is 0 Å². The van der Waals surface area contributed by atoms with E-state index < -0.39 is 0 Å². The average molecular weight is 206 g/mol. The lowest BCUT2D eigenvalue weighted by Crippen LogP contribution is -2.33. The van der Waals surface area contributed by atoms with E-state index in [1.165, 1.54) is 30.4 Å². The minimum absolute atomic E-state index is 0.382. The van der Waals surface area contributed by atoms with Gasteiger partial charge in [0.05, 0.1) is 0 Å². The van der Waals surface area contributed by atoms with Crippen molar-refractivity contribution in [3.05, 3.63) is 59.7 Å². The Kier molecular flexibility index (Phi) is 1.48. The highest BCUT2D eigenvalue weighted by Gasteiger charge is 2.46. The molecule has 16 heavy (non-hydrogen) atoms. The van der Waals surface area contributed by atoms with Gasteiger partial charge in [-0.2, -0.15) is 0 Å². The molecule has 0 heteroatoms. The van der Waals surface area contributed by atoms with Crippen molar-refractivity contribution in [2.24, 2.45) is 0 Å². The Balaban J connectivity index is 2.10. The van der Waals surface area contributed by atoms with Crippen molar-refractivity contribution in [2.45, 2.75) is 24.7 Å². The molecule has 4 rings (SSSR count). The van der Waals surface area contributed by atoms with Gasteiger partial charge in [-0.15, -0.1) is 0 Å². The normalized spacial score (nSPS) is 19.0. The van der Waals surface area contributed by atoms with Crippen molar-refractivity contribution >= 4 is 0 Å². The monoisotopic (exact) mass is 206 g/mol. The maximum absolute atomic E-state index is 2.33. The van der Waals surface area contributed by atoms with Crippen LogP contribution in [0.2, 0.25) is 0 Å². The van der Waals surface area contributed by atoms with Crippen LogP contribution in [0.1, 0.15) is 30.4 Å². The minimum atomic E-state index is 0.382. The van der Waals surface area contributed by atoms with Gasteiger partial charge in [-0.3, -0.25) is 0 Å². The molecule has 0 N–H and O–H groups in total. The molecule has 2 aromatic carbocycles. The van der Waals surface area contributed by atoms with Crippen molar-refractivity contribution in [2.75, 3.05) is 0 Å². The molecule has 78 valence electrons. The Morgan fingerprint density at radius 3 is 1.62 bits per heavy atom. The molecular weight excluding hydrogens is 192 g/mol. The zero-order chi connectivity index (χ0) is 10.6. The van der Waals surface area contributed by atoms with Gasteiger partial charge >= 0.3 is 0 Å². The van der Waals surface area contributed by atoms with Gasteiger partial charge in [0, 0.05) is 5.41 Å². The number of fused-ring (bicyclic) bond motifs is 5. The Bertz CT molecular complexity index is 514. The Morgan fingerprint density at radius 2 is 1.19 bits per heavy atom. The second kappa shape index (κ2) is 2.76. The summed E-state index contributed by atoms with van der Waals surface area (Å²) >= 11 is 0. The van der Waals surface area contributed by atoms with Crippen LogP contribution in [0.4, 0.5) is 0 Å². The first-order valence-corrected chi connectivity index (χ1v) is 6.11. The molecule has 0 unspecified atom stereocenters. The van der Waals surface area contributed by atoms with Crippen LogP contribution in [0.5, 0.6) is 0 Å². The summed E-state index contributed by atoms with van der Waals surface area (Å²) in [6.07, 6.45) is 4.05. The molecule has 0 radical (unpaired) electrons. The summed E-state index contributed by atoms with van der Waals surface area (Å²) in [6, 6.07) is 17.9. The number of benzene rings is 2. The molecule has 2 aromatic rings. The van der Waals surface area contributed by atoms with E-state index in [2.05, 4.69) is 48.5 Å². The van der Waals surface area contributed by atoms with Crippen molar-refractivity contribution in [1.82, 2.24) is 0 Å². The Labute approximate surface area is 95.9 Å². The van der Waals surface area contributed by atoms with E-state index in [1.807, 2.05) is 0 Å². The van der Waals surface area contributed by atoms with Crippen LogP contribution >= 0.6 is 0 Å². The SMILES string of the molecule is c1ccc2c(c1)-c1ccccc1C21CCC1. The van der Waals surface area contributed by atoms with E-state index in [0.29, 0.717) is 5.41 Å². The van der Waals surface area contributed by atoms with Gasteiger partial charge in [0.2, 0.25) is 0 Å². The summed E-state index contributed by atoms with van der Waals surface area (Å²) in [5.74, 6) is 0. The third-order valence-corrected chi connectivity index (χ3v) is 4.38. The van der Waals surface area contributed by atoms with E-state index >= 15 is 0 Å². The fourth-order valence-corrected chi connectivity index (χ4v) is 3.48. The molecule has 0 aromatic heterocycles. The fraction of sp³-hybridized carbons (Fsp3) is 0.250. The van der Waals surface area contributed by atoms with Gasteiger partial charge in [-0.25, -0.2) is 0 Å². The second-order valence-electron chi connectivity index (χ2n) is 5.03. The molecule has 0 nitrogen and oxygen atoms in total. The summed E-state index contributed by atoms with van der Waals surface area (Å²) in [5.41, 5.74) is 6.47. The van der Waals surface area contributed by atoms with E-state index in [-0.39, 0.29) is 0 Å². The molecule has 0 amide bonds. The molecule has 1 fully saturated rings. The van der Waals surface area contributed by atoms with Gasteiger partial charge in [-0.1, -0.05) is 55.0 Å². The molecule has 0 atom stereocenters. The summed E-state index contributed by atoms with van der Waals surface area (Å²) in [6.45, 7) is 0. The van der Waals surface area contributed by atoms with Gasteiger partial charge < -0.3 is 0 Å². The molecular formula is C16H14. The summed E-state index contributed by atoms with van der Waals surface area (Å²) in [5, 5.41) is 0. The first-order chi connectivity index (χ1) is 7.92. The highest BCUT2D eigenvalue weighted by molar-refractivity contribution is 5.81. The third kappa shape index (κ3) is 0.824. The number of rotatable bonds is 0. The first-order valence-electron chi connectivity index (χ1n) is 6.11. The van der Waals surface area contributed by atoms with Crippen LogP contribution in [0.3, 0.4) is 0 Å². The first kappa shape index (κ1) is 8.58. The molecule has 0 aliphatic heterocycles. The van der Waals surface area contributed by atoms with Crippen LogP contribution < -0.4 is 0 Å². The van der Waals surface area contributed by atoms with Crippen molar-refractivity contribution in [1.29, 1.82) is 0 Å². The Morgan fingerprint density at radius 1 is 0.688 bits per heavy atom. The maximum Gasteiger partial charge on any atom is 0.0215 e. The molecule has 0 heterocycles. The minimum Gasteiger partial charge on any atom is -0.0619 e. The van der Waals surface area contributed by atoms with E-state index in [0.717, 1.165) is 0 Å². The quantitative estimate of drug-likeness (QED) is 0.607. The van der Waals surface area contributed by atoms with E-state index in [4.69, 9.17) is 0 Å². The Hall–Kier alpha value is -1.56. The number of hydrogen-bond donors (Lipinski definition) is 0. The predicted molar refractivity (Wildman–Crippen MR) is 66.5 cm³/mol. The molecule has 2 aliphatic rings. The summed E-state index contributed by atoms with van der Waals surface area (Å²) in [7, 11) is 0. The lowest BCUT2D eigenvalue weighted by atomic mass is 9.63. The van der Waals surface area contributed by atoms with Crippen LogP contribution in [0, 0.1) is 0 Å². The second-order valence-corrected chi connectivity index (χ2v) is 5.03. The molecule has 0 saturated heterocycles. The summed E-state index contributed by atoms with van der Waals surface area (Å²) < 4.78 is 0. The fourth-order valence-electron chi connectivity index (χ4n) is 3.48. The average Bonchev–Trinajstić information content (AvgIpc) is 2.59. The zero-order valence-electron chi connectivity index (χ0n) is 9.24. The third-order valence-electron chi connectivity index (χ3n) is 4.38. The number of hydrogen-bond acceptors (Lipinski definition) is 0. The molecule has 2 aliphatic carbocycles. The largest absolute Gasteiger partial charge is 0.0619 e. The van der Waals surface area contributed by atoms with Gasteiger partial charge in [0.15, 0.2) is 0 Å². The summed E-state index contributed by atoms with van der Waals surface area (Å²) in [4.78, 5) is 0. The van der Waals surface area contributed by atoms with Crippen LogP contribution in [-0.2, 0) is 5.41 Å². The van der Waals surface area contributed by atoms with Gasteiger partial charge in [-0.05, 0) is 35.1 Å². The standard InChI is InChI=1S/C16H14/c1-3-8-14-12(6-1)13-7-2-4-9-15(13)16(14)10-5-11-16/h1-4,6-9H,5,10-11H2. The highest BCUT2D eigenvalue weighted by atomic mass is 14.5. The maximum atomic E-state index is 2.33. The van der Waals surface area contributed by atoms with Crippen molar-refractivity contribution < 1.29 is 0 Å². The van der Waals surface area contributed by atoms with Crippen LogP contribution in [0.25, 0.3) is 11.1 Å². The van der Waals surface area contributed by atoms with E-state index in [1.54, 1.807) is 11.1 Å². The molecule has 1 saturated carbocycles. The zero-order valence-corrected chi connectivity index (χ0v) is 9.24. The van der Waals surface area contributed by atoms with Crippen LogP contribution in [0.15, 0.2) is 48.5 Å². The van der Waals surface area contributed by atoms with Crippen molar-refractivity contribution in [3.63, 3.8) is 0 Å².